The van der Waals surface area contributed by atoms with Crippen LogP contribution in [0.4, 0.5) is 5.95 Å². The number of nitrogens with two attached hydrogens (primary N) is 1. The smallest absolute Gasteiger partial charge is 0.200 e. The first-order chi connectivity index (χ1) is 9.72. The molecule has 1 fully saturated rings. The van der Waals surface area contributed by atoms with E-state index in [1.54, 1.807) is 0 Å². The largest absolute Gasteiger partial charge is 0.369 e. The Morgan fingerprint density at radius 1 is 1.30 bits per heavy atom. The van der Waals surface area contributed by atoms with Crippen LogP contribution in [0.15, 0.2) is 36.5 Å². The topological polar surface area (TPSA) is 47.1 Å². The standard InChI is InChI=1S/C16H22N4/c1-13-10-20(16(17)18-13)15-8-5-9-19(12-15)11-14-6-3-2-4-7-14/h2-4,6-7,10,15H,5,8-9,11-12H2,1H3,(H2,17,18). The Morgan fingerprint density at radius 3 is 2.80 bits per heavy atom. The second-order valence-corrected chi connectivity index (χ2v) is 5.66. The minimum absolute atomic E-state index is 0.452. The molecule has 0 aliphatic carbocycles. The second kappa shape index (κ2) is 5.67. The van der Waals surface area contributed by atoms with E-state index in [-0.39, 0.29) is 0 Å². The number of hydrogen-bond acceptors (Lipinski definition) is 3. The molecule has 2 heterocycles. The quantitative estimate of drug-likeness (QED) is 0.932. The van der Waals surface area contributed by atoms with Crippen molar-refractivity contribution in [1.82, 2.24) is 14.5 Å². The van der Waals surface area contributed by atoms with Crippen LogP contribution in [-0.4, -0.2) is 27.5 Å². The van der Waals surface area contributed by atoms with E-state index in [4.69, 9.17) is 5.73 Å². The summed E-state index contributed by atoms with van der Waals surface area (Å²) in [7, 11) is 0. The van der Waals surface area contributed by atoms with Gasteiger partial charge in [0, 0.05) is 25.3 Å². The fourth-order valence-electron chi connectivity index (χ4n) is 3.07. The molecule has 20 heavy (non-hydrogen) atoms. The number of piperidine rings is 1. The molecule has 106 valence electrons. The molecule has 4 heteroatoms. The van der Waals surface area contributed by atoms with Crippen LogP contribution >= 0.6 is 0 Å². The zero-order valence-corrected chi connectivity index (χ0v) is 12.0. The maximum absolute atomic E-state index is 6.00. The van der Waals surface area contributed by atoms with Crippen molar-refractivity contribution >= 4 is 5.95 Å². The number of aromatic nitrogens is 2. The highest BCUT2D eigenvalue weighted by Gasteiger charge is 2.22. The Balaban J connectivity index is 1.69. The molecule has 0 amide bonds. The minimum atomic E-state index is 0.452. The molecule has 1 aromatic carbocycles. The third-order valence-corrected chi connectivity index (χ3v) is 4.00. The van der Waals surface area contributed by atoms with Gasteiger partial charge in [-0.1, -0.05) is 30.3 Å². The van der Waals surface area contributed by atoms with E-state index in [0.717, 1.165) is 18.8 Å². The summed E-state index contributed by atoms with van der Waals surface area (Å²) in [5.41, 5.74) is 8.38. The molecular weight excluding hydrogens is 248 g/mol. The Bertz CT molecular complexity index is 561. The van der Waals surface area contributed by atoms with Gasteiger partial charge in [0.25, 0.3) is 0 Å². The highest BCUT2D eigenvalue weighted by atomic mass is 15.2. The summed E-state index contributed by atoms with van der Waals surface area (Å²) in [5.74, 6) is 0.647. The average molecular weight is 270 g/mol. The van der Waals surface area contributed by atoms with Crippen LogP contribution in [0.5, 0.6) is 0 Å². The van der Waals surface area contributed by atoms with Gasteiger partial charge in [0.1, 0.15) is 0 Å². The van der Waals surface area contributed by atoms with Crippen molar-refractivity contribution in [3.05, 3.63) is 47.8 Å². The zero-order chi connectivity index (χ0) is 13.9. The monoisotopic (exact) mass is 270 g/mol. The third-order valence-electron chi connectivity index (χ3n) is 4.00. The molecule has 1 aliphatic rings. The number of imidazole rings is 1. The van der Waals surface area contributed by atoms with Crippen molar-refractivity contribution in [2.75, 3.05) is 18.8 Å². The number of nitrogen functional groups attached to an aromatic ring is 1. The lowest BCUT2D eigenvalue weighted by Crippen LogP contribution is -2.36. The van der Waals surface area contributed by atoms with E-state index in [1.807, 2.05) is 6.92 Å². The zero-order valence-electron chi connectivity index (χ0n) is 12.0. The number of aryl methyl sites for hydroxylation is 1. The number of nitrogens with zero attached hydrogens (tertiary/aromatic N) is 3. The summed E-state index contributed by atoms with van der Waals surface area (Å²) in [6.07, 6.45) is 4.48. The van der Waals surface area contributed by atoms with Crippen LogP contribution < -0.4 is 5.73 Å². The van der Waals surface area contributed by atoms with Gasteiger partial charge in [0.15, 0.2) is 0 Å². The predicted molar refractivity (Wildman–Crippen MR) is 81.4 cm³/mol. The Morgan fingerprint density at radius 2 is 2.10 bits per heavy atom. The lowest BCUT2D eigenvalue weighted by Gasteiger charge is -2.33. The van der Waals surface area contributed by atoms with Gasteiger partial charge in [-0.25, -0.2) is 4.98 Å². The fourth-order valence-corrected chi connectivity index (χ4v) is 3.07. The predicted octanol–water partition coefficient (Wildman–Crippen LogP) is 2.61. The molecular formula is C16H22N4. The molecule has 2 N–H and O–H groups in total. The molecule has 0 spiro atoms. The highest BCUT2D eigenvalue weighted by molar-refractivity contribution is 5.23. The number of anilines is 1. The first-order valence-electron chi connectivity index (χ1n) is 7.29. The van der Waals surface area contributed by atoms with Crippen LogP contribution in [0.1, 0.15) is 30.1 Å². The number of hydrogen-bond donors (Lipinski definition) is 1. The van der Waals surface area contributed by atoms with Crippen LogP contribution in [0, 0.1) is 6.92 Å². The normalized spacial score (nSPS) is 20.1. The number of rotatable bonds is 3. The lowest BCUT2D eigenvalue weighted by molar-refractivity contribution is 0.171. The Labute approximate surface area is 120 Å². The molecule has 1 unspecified atom stereocenters. The van der Waals surface area contributed by atoms with E-state index in [0.29, 0.717) is 12.0 Å². The second-order valence-electron chi connectivity index (χ2n) is 5.66. The number of likely N-dealkylation sites (tertiary alicyclic amines) is 1. The molecule has 4 nitrogen and oxygen atoms in total. The van der Waals surface area contributed by atoms with Crippen molar-refractivity contribution < 1.29 is 0 Å². The first-order valence-corrected chi connectivity index (χ1v) is 7.29. The van der Waals surface area contributed by atoms with Gasteiger partial charge in [-0.3, -0.25) is 4.90 Å². The molecule has 1 aliphatic heterocycles. The Kier molecular flexibility index (Phi) is 3.74. The summed E-state index contributed by atoms with van der Waals surface area (Å²) >= 11 is 0. The van der Waals surface area contributed by atoms with Gasteiger partial charge in [0.2, 0.25) is 5.95 Å². The van der Waals surface area contributed by atoms with E-state index in [1.165, 1.54) is 24.9 Å². The summed E-state index contributed by atoms with van der Waals surface area (Å²) in [5, 5.41) is 0. The molecule has 1 saturated heterocycles. The average Bonchev–Trinajstić information content (AvgIpc) is 2.79. The van der Waals surface area contributed by atoms with E-state index in [9.17, 15) is 0 Å². The van der Waals surface area contributed by atoms with Crippen LogP contribution in [0.3, 0.4) is 0 Å². The van der Waals surface area contributed by atoms with Gasteiger partial charge in [-0.05, 0) is 31.9 Å². The molecule has 1 aromatic heterocycles. The molecule has 2 aromatic rings. The van der Waals surface area contributed by atoms with Crippen molar-refractivity contribution in [2.45, 2.75) is 32.4 Å². The summed E-state index contributed by atoms with van der Waals surface area (Å²) in [6.45, 7) is 5.23. The molecule has 0 saturated carbocycles. The fraction of sp³-hybridized carbons (Fsp3) is 0.438. The maximum atomic E-state index is 6.00. The molecule has 0 bridgehead atoms. The van der Waals surface area contributed by atoms with Crippen LogP contribution in [0.2, 0.25) is 0 Å². The lowest BCUT2D eigenvalue weighted by atomic mass is 10.0. The van der Waals surface area contributed by atoms with Gasteiger partial charge in [-0.15, -0.1) is 0 Å². The van der Waals surface area contributed by atoms with Gasteiger partial charge in [-0.2, -0.15) is 0 Å². The van der Waals surface area contributed by atoms with E-state index in [2.05, 4.69) is 51.0 Å². The van der Waals surface area contributed by atoms with Gasteiger partial charge < -0.3 is 10.3 Å². The summed E-state index contributed by atoms with van der Waals surface area (Å²) in [6, 6.07) is 11.1. The van der Waals surface area contributed by atoms with Crippen molar-refractivity contribution in [3.8, 4) is 0 Å². The SMILES string of the molecule is Cc1cn(C2CCCN(Cc3ccccc3)C2)c(N)n1. The van der Waals surface area contributed by atoms with E-state index < -0.39 is 0 Å². The van der Waals surface area contributed by atoms with E-state index >= 15 is 0 Å². The molecule has 3 rings (SSSR count). The number of benzene rings is 1. The summed E-state index contributed by atoms with van der Waals surface area (Å²) < 4.78 is 2.15. The minimum Gasteiger partial charge on any atom is -0.369 e. The molecule has 1 atom stereocenters. The van der Waals surface area contributed by atoms with Crippen molar-refractivity contribution in [3.63, 3.8) is 0 Å². The Hall–Kier alpha value is -1.81. The van der Waals surface area contributed by atoms with Gasteiger partial charge in [0.05, 0.1) is 5.69 Å². The van der Waals surface area contributed by atoms with Crippen molar-refractivity contribution in [2.24, 2.45) is 0 Å². The van der Waals surface area contributed by atoms with Crippen LogP contribution in [-0.2, 0) is 6.54 Å². The molecule has 0 radical (unpaired) electrons. The van der Waals surface area contributed by atoms with Crippen LogP contribution in [0.25, 0.3) is 0 Å². The summed E-state index contributed by atoms with van der Waals surface area (Å²) in [4.78, 5) is 6.83. The first kappa shape index (κ1) is 13.2. The van der Waals surface area contributed by atoms with Gasteiger partial charge >= 0.3 is 0 Å². The highest BCUT2D eigenvalue weighted by Crippen LogP contribution is 2.25. The third kappa shape index (κ3) is 2.85. The van der Waals surface area contributed by atoms with Crippen molar-refractivity contribution in [1.29, 1.82) is 0 Å². The maximum Gasteiger partial charge on any atom is 0.200 e.